The SMILES string of the molecule is O=C(Nc1ccc(CCCCc2ccc(O)c(O)c2)cc1)C1CSc2ccccc2C1=O. The van der Waals surface area contributed by atoms with Crippen LogP contribution in [0.25, 0.3) is 0 Å². The fourth-order valence-electron chi connectivity index (χ4n) is 3.79. The van der Waals surface area contributed by atoms with Gasteiger partial charge in [0.05, 0.1) is 0 Å². The third-order valence-corrected chi connectivity index (χ3v) is 6.80. The first-order valence-electron chi connectivity index (χ1n) is 10.7. The minimum Gasteiger partial charge on any atom is -0.504 e. The number of unbranched alkanes of at least 4 members (excludes halogenated alkanes) is 1. The molecule has 1 aliphatic heterocycles. The summed E-state index contributed by atoms with van der Waals surface area (Å²) in [7, 11) is 0. The van der Waals surface area contributed by atoms with Gasteiger partial charge in [-0.3, -0.25) is 9.59 Å². The zero-order valence-corrected chi connectivity index (χ0v) is 18.4. The molecule has 0 aliphatic carbocycles. The molecule has 0 spiro atoms. The minimum atomic E-state index is -0.672. The average Bonchev–Trinajstić information content (AvgIpc) is 2.80. The lowest BCUT2D eigenvalue weighted by Gasteiger charge is -2.22. The maximum Gasteiger partial charge on any atom is 0.236 e. The van der Waals surface area contributed by atoms with Gasteiger partial charge >= 0.3 is 0 Å². The number of nitrogens with one attached hydrogen (secondary N) is 1. The molecule has 0 aromatic heterocycles. The van der Waals surface area contributed by atoms with Gasteiger partial charge in [-0.1, -0.05) is 36.4 Å². The van der Waals surface area contributed by atoms with Gasteiger partial charge in [0.15, 0.2) is 17.3 Å². The number of fused-ring (bicyclic) bond motifs is 1. The van der Waals surface area contributed by atoms with Crippen LogP contribution in [-0.2, 0) is 17.6 Å². The number of rotatable bonds is 7. The van der Waals surface area contributed by atoms with Crippen molar-refractivity contribution in [2.45, 2.75) is 30.6 Å². The van der Waals surface area contributed by atoms with Crippen LogP contribution in [0.1, 0.15) is 34.3 Å². The number of hydrogen-bond acceptors (Lipinski definition) is 5. The maximum atomic E-state index is 12.7. The van der Waals surface area contributed by atoms with Crippen LogP contribution in [0.5, 0.6) is 11.5 Å². The van der Waals surface area contributed by atoms with Crippen molar-refractivity contribution in [2.24, 2.45) is 5.92 Å². The standard InChI is InChI=1S/C26H25NO4S/c28-22-14-11-18(15-23(22)29)6-2-1-5-17-9-12-19(13-10-17)27-26(31)21-16-32-24-8-4-3-7-20(24)25(21)30/h3-4,7-15,21,28-29H,1-2,5-6,16H2,(H,27,31). The highest BCUT2D eigenvalue weighted by Crippen LogP contribution is 2.33. The lowest BCUT2D eigenvalue weighted by Crippen LogP contribution is -2.34. The van der Waals surface area contributed by atoms with Crippen molar-refractivity contribution in [2.75, 3.05) is 11.1 Å². The molecule has 0 bridgehead atoms. The van der Waals surface area contributed by atoms with Crippen molar-refractivity contribution < 1.29 is 19.8 Å². The van der Waals surface area contributed by atoms with E-state index in [-0.39, 0.29) is 23.2 Å². The van der Waals surface area contributed by atoms with E-state index in [1.165, 1.54) is 11.6 Å². The Kier molecular flexibility index (Phi) is 6.81. The number of ketones is 1. The molecular weight excluding hydrogens is 422 g/mol. The predicted molar refractivity (Wildman–Crippen MR) is 126 cm³/mol. The Morgan fingerprint density at radius 1 is 0.906 bits per heavy atom. The summed E-state index contributed by atoms with van der Waals surface area (Å²) in [6.07, 6.45) is 3.69. The highest BCUT2D eigenvalue weighted by Gasteiger charge is 2.33. The van der Waals surface area contributed by atoms with Gasteiger partial charge < -0.3 is 15.5 Å². The van der Waals surface area contributed by atoms with E-state index in [9.17, 15) is 19.8 Å². The normalized spacial score (nSPS) is 15.2. The van der Waals surface area contributed by atoms with Gasteiger partial charge in [-0.25, -0.2) is 0 Å². The first kappa shape index (κ1) is 22.0. The van der Waals surface area contributed by atoms with Crippen LogP contribution in [-0.4, -0.2) is 27.7 Å². The molecule has 4 rings (SSSR count). The fraction of sp³-hybridized carbons (Fsp3) is 0.231. The van der Waals surface area contributed by atoms with E-state index in [1.54, 1.807) is 23.9 Å². The van der Waals surface area contributed by atoms with Gasteiger partial charge in [-0.2, -0.15) is 0 Å². The van der Waals surface area contributed by atoms with Crippen LogP contribution in [0.2, 0.25) is 0 Å². The van der Waals surface area contributed by atoms with E-state index < -0.39 is 5.92 Å². The van der Waals surface area contributed by atoms with Gasteiger partial charge in [-0.05, 0) is 67.1 Å². The summed E-state index contributed by atoms with van der Waals surface area (Å²) >= 11 is 1.54. The zero-order chi connectivity index (χ0) is 22.5. The summed E-state index contributed by atoms with van der Waals surface area (Å²) in [5.41, 5.74) is 3.49. The molecule has 0 radical (unpaired) electrons. The Bertz CT molecular complexity index is 1130. The van der Waals surface area contributed by atoms with Gasteiger partial charge in [0, 0.05) is 21.9 Å². The molecule has 6 heteroatoms. The van der Waals surface area contributed by atoms with E-state index in [1.807, 2.05) is 48.5 Å². The number of aryl methyl sites for hydroxylation is 2. The van der Waals surface area contributed by atoms with Crippen LogP contribution >= 0.6 is 11.8 Å². The fourth-order valence-corrected chi connectivity index (χ4v) is 4.94. The molecular formula is C26H25NO4S. The molecule has 3 aromatic rings. The Balaban J connectivity index is 1.26. The molecule has 0 saturated heterocycles. The topological polar surface area (TPSA) is 86.6 Å². The second-order valence-electron chi connectivity index (χ2n) is 7.94. The average molecular weight is 448 g/mol. The van der Waals surface area contributed by atoms with Gasteiger partial charge in [0.25, 0.3) is 0 Å². The number of phenolic OH excluding ortho intramolecular Hbond substituents is 2. The van der Waals surface area contributed by atoms with Gasteiger partial charge in [-0.15, -0.1) is 11.8 Å². The number of carbonyl (C=O) groups excluding carboxylic acids is 2. The first-order chi connectivity index (χ1) is 15.5. The Morgan fingerprint density at radius 2 is 1.59 bits per heavy atom. The molecule has 1 atom stereocenters. The van der Waals surface area contributed by atoms with E-state index in [0.29, 0.717) is 17.0 Å². The number of hydrogen-bond donors (Lipinski definition) is 3. The summed E-state index contributed by atoms with van der Waals surface area (Å²) in [6.45, 7) is 0. The zero-order valence-electron chi connectivity index (χ0n) is 17.6. The quantitative estimate of drug-likeness (QED) is 0.263. The molecule has 1 unspecified atom stereocenters. The van der Waals surface area contributed by atoms with E-state index in [0.717, 1.165) is 36.1 Å². The molecule has 0 fully saturated rings. The van der Waals surface area contributed by atoms with E-state index in [4.69, 9.17) is 0 Å². The summed E-state index contributed by atoms with van der Waals surface area (Å²) in [5.74, 6) is -0.778. The number of benzene rings is 3. The predicted octanol–water partition coefficient (Wildman–Crippen LogP) is 5.21. The summed E-state index contributed by atoms with van der Waals surface area (Å²) in [5, 5.41) is 21.8. The number of phenols is 2. The molecule has 164 valence electrons. The van der Waals surface area contributed by atoms with Gasteiger partial charge in [0.1, 0.15) is 5.92 Å². The van der Waals surface area contributed by atoms with Crippen LogP contribution in [0.4, 0.5) is 5.69 Å². The number of amides is 1. The maximum absolute atomic E-state index is 12.7. The Morgan fingerprint density at radius 3 is 2.34 bits per heavy atom. The molecule has 1 aliphatic rings. The molecule has 5 nitrogen and oxygen atoms in total. The van der Waals surface area contributed by atoms with Crippen LogP contribution in [0, 0.1) is 5.92 Å². The van der Waals surface area contributed by atoms with E-state index >= 15 is 0 Å². The van der Waals surface area contributed by atoms with Crippen molar-refractivity contribution in [3.8, 4) is 11.5 Å². The van der Waals surface area contributed by atoms with Crippen molar-refractivity contribution in [1.82, 2.24) is 0 Å². The summed E-state index contributed by atoms with van der Waals surface area (Å²) in [6, 6.07) is 20.1. The highest BCUT2D eigenvalue weighted by atomic mass is 32.2. The summed E-state index contributed by atoms with van der Waals surface area (Å²) in [4.78, 5) is 26.3. The molecule has 1 heterocycles. The molecule has 3 N–H and O–H groups in total. The molecule has 3 aromatic carbocycles. The minimum absolute atomic E-state index is 0.0853. The highest BCUT2D eigenvalue weighted by molar-refractivity contribution is 7.99. The van der Waals surface area contributed by atoms with Crippen molar-refractivity contribution in [3.05, 3.63) is 83.4 Å². The van der Waals surface area contributed by atoms with E-state index in [2.05, 4.69) is 5.32 Å². The number of anilines is 1. The smallest absolute Gasteiger partial charge is 0.236 e. The lowest BCUT2D eigenvalue weighted by molar-refractivity contribution is -0.118. The van der Waals surface area contributed by atoms with Crippen LogP contribution in [0.3, 0.4) is 0 Å². The second kappa shape index (κ2) is 9.92. The van der Waals surface area contributed by atoms with Crippen LogP contribution < -0.4 is 5.32 Å². The monoisotopic (exact) mass is 447 g/mol. The largest absolute Gasteiger partial charge is 0.504 e. The lowest BCUT2D eigenvalue weighted by atomic mass is 9.97. The molecule has 32 heavy (non-hydrogen) atoms. The third kappa shape index (κ3) is 5.14. The van der Waals surface area contributed by atoms with Crippen LogP contribution in [0.15, 0.2) is 71.6 Å². The van der Waals surface area contributed by atoms with Crippen molar-refractivity contribution in [3.63, 3.8) is 0 Å². The Hall–Kier alpha value is -3.25. The second-order valence-corrected chi connectivity index (χ2v) is 9.00. The number of aromatic hydroxyl groups is 2. The third-order valence-electron chi connectivity index (χ3n) is 5.63. The van der Waals surface area contributed by atoms with Gasteiger partial charge in [0.2, 0.25) is 5.91 Å². The number of carbonyl (C=O) groups is 2. The van der Waals surface area contributed by atoms with Crippen molar-refractivity contribution >= 4 is 29.1 Å². The molecule has 1 amide bonds. The number of Topliss-reactive ketones (excluding diaryl/α,β-unsaturated/α-hetero) is 1. The summed E-state index contributed by atoms with van der Waals surface area (Å²) < 4.78 is 0. The Labute approximate surface area is 191 Å². The number of thioether (sulfide) groups is 1. The molecule has 0 saturated carbocycles. The first-order valence-corrected chi connectivity index (χ1v) is 11.7. The van der Waals surface area contributed by atoms with Crippen molar-refractivity contribution in [1.29, 1.82) is 0 Å².